The third kappa shape index (κ3) is 3.15. The molecular formula is C13H18O3. The van der Waals surface area contributed by atoms with Crippen molar-refractivity contribution in [3.63, 3.8) is 0 Å². The molecule has 0 fully saturated rings. The Kier molecular flexibility index (Phi) is 4.65. The molecule has 0 atom stereocenters. The molecule has 0 aromatic heterocycles. The molecule has 16 heavy (non-hydrogen) atoms. The molecule has 0 unspecified atom stereocenters. The van der Waals surface area contributed by atoms with Crippen molar-refractivity contribution in [1.29, 1.82) is 0 Å². The van der Waals surface area contributed by atoms with Crippen molar-refractivity contribution in [3.8, 4) is 0 Å². The van der Waals surface area contributed by atoms with Crippen LogP contribution in [-0.4, -0.2) is 16.0 Å². The van der Waals surface area contributed by atoms with Gasteiger partial charge in [-0.2, -0.15) is 0 Å². The normalized spacial score (nSPS) is 10.8. The molecule has 1 aromatic rings. The summed E-state index contributed by atoms with van der Waals surface area (Å²) in [5.41, 5.74) is 2.29. The van der Waals surface area contributed by atoms with E-state index in [-0.39, 0.29) is 24.9 Å². The number of Topliss-reactive ketones (excluding diaryl/α,β-unsaturated/α-hetero) is 1. The number of hydrogen-bond acceptors (Lipinski definition) is 3. The van der Waals surface area contributed by atoms with Crippen LogP contribution in [0.25, 0.3) is 0 Å². The van der Waals surface area contributed by atoms with E-state index in [0.717, 1.165) is 5.56 Å². The van der Waals surface area contributed by atoms with E-state index in [1.165, 1.54) is 0 Å². The zero-order valence-electron chi connectivity index (χ0n) is 9.73. The quantitative estimate of drug-likeness (QED) is 0.792. The Morgan fingerprint density at radius 3 is 2.31 bits per heavy atom. The van der Waals surface area contributed by atoms with E-state index >= 15 is 0 Å². The first-order valence-corrected chi connectivity index (χ1v) is 5.43. The summed E-state index contributed by atoms with van der Waals surface area (Å²) in [6, 6.07) is 5.37. The summed E-state index contributed by atoms with van der Waals surface area (Å²) in [6.07, 6.45) is 0.385. The second-order valence-corrected chi connectivity index (χ2v) is 4.22. The first-order chi connectivity index (χ1) is 7.58. The SMILES string of the molecule is CC(C)C(=O)Cc1ccc(CO)c(CO)c1. The molecule has 1 rings (SSSR count). The topological polar surface area (TPSA) is 57.5 Å². The number of aliphatic hydroxyl groups is 2. The van der Waals surface area contributed by atoms with Gasteiger partial charge in [0.1, 0.15) is 5.78 Å². The van der Waals surface area contributed by atoms with E-state index in [0.29, 0.717) is 17.5 Å². The molecule has 0 bridgehead atoms. The monoisotopic (exact) mass is 222 g/mol. The number of benzene rings is 1. The van der Waals surface area contributed by atoms with Crippen molar-refractivity contribution in [3.05, 3.63) is 34.9 Å². The lowest BCUT2D eigenvalue weighted by molar-refractivity contribution is -0.121. The van der Waals surface area contributed by atoms with Crippen LogP contribution in [0.1, 0.15) is 30.5 Å². The molecule has 0 amide bonds. The van der Waals surface area contributed by atoms with Crippen LogP contribution in [-0.2, 0) is 24.4 Å². The van der Waals surface area contributed by atoms with Crippen LogP contribution in [0.4, 0.5) is 0 Å². The Balaban J connectivity index is 2.87. The first kappa shape index (κ1) is 12.9. The minimum atomic E-state index is -0.112. The number of carbonyl (C=O) groups excluding carboxylic acids is 1. The minimum absolute atomic E-state index is 0.0232. The molecule has 0 spiro atoms. The van der Waals surface area contributed by atoms with Crippen LogP contribution in [0.15, 0.2) is 18.2 Å². The molecule has 3 nitrogen and oxygen atoms in total. The predicted octanol–water partition coefficient (Wildman–Crippen LogP) is 1.44. The minimum Gasteiger partial charge on any atom is -0.392 e. The summed E-state index contributed by atoms with van der Waals surface area (Å²) < 4.78 is 0. The third-order valence-corrected chi connectivity index (χ3v) is 2.63. The highest BCUT2D eigenvalue weighted by atomic mass is 16.3. The maximum Gasteiger partial charge on any atom is 0.139 e. The van der Waals surface area contributed by atoms with Crippen LogP contribution in [0.3, 0.4) is 0 Å². The Morgan fingerprint density at radius 1 is 1.19 bits per heavy atom. The molecular weight excluding hydrogens is 204 g/mol. The van der Waals surface area contributed by atoms with E-state index in [1.807, 2.05) is 19.9 Å². The number of carbonyl (C=O) groups is 1. The van der Waals surface area contributed by atoms with Gasteiger partial charge in [-0.25, -0.2) is 0 Å². The van der Waals surface area contributed by atoms with Crippen LogP contribution in [0.2, 0.25) is 0 Å². The lowest BCUT2D eigenvalue weighted by atomic mass is 9.98. The Bertz CT molecular complexity index is 369. The van der Waals surface area contributed by atoms with Gasteiger partial charge < -0.3 is 10.2 Å². The number of rotatable bonds is 5. The summed E-state index contributed by atoms with van der Waals surface area (Å²) in [4.78, 5) is 11.6. The van der Waals surface area contributed by atoms with E-state index in [1.54, 1.807) is 12.1 Å². The maximum atomic E-state index is 11.6. The van der Waals surface area contributed by atoms with Crippen LogP contribution >= 0.6 is 0 Å². The zero-order valence-corrected chi connectivity index (χ0v) is 9.73. The van der Waals surface area contributed by atoms with E-state index in [4.69, 9.17) is 10.2 Å². The summed E-state index contributed by atoms with van der Waals surface area (Å²) in [6.45, 7) is 3.54. The van der Waals surface area contributed by atoms with Gasteiger partial charge in [0, 0.05) is 12.3 Å². The summed E-state index contributed by atoms with van der Waals surface area (Å²) in [5, 5.41) is 18.2. The molecule has 0 heterocycles. The van der Waals surface area contributed by atoms with Gasteiger partial charge in [-0.3, -0.25) is 4.79 Å². The van der Waals surface area contributed by atoms with Crippen LogP contribution < -0.4 is 0 Å². The Hall–Kier alpha value is -1.19. The number of aliphatic hydroxyl groups excluding tert-OH is 2. The van der Waals surface area contributed by atoms with Crippen molar-refractivity contribution < 1.29 is 15.0 Å². The lowest BCUT2D eigenvalue weighted by Crippen LogP contribution is -2.10. The van der Waals surface area contributed by atoms with E-state index in [9.17, 15) is 4.79 Å². The average molecular weight is 222 g/mol. The van der Waals surface area contributed by atoms with Crippen molar-refractivity contribution in [1.82, 2.24) is 0 Å². The van der Waals surface area contributed by atoms with Gasteiger partial charge in [-0.15, -0.1) is 0 Å². The molecule has 88 valence electrons. The summed E-state index contributed by atoms with van der Waals surface area (Å²) in [5.74, 6) is 0.204. The van der Waals surface area contributed by atoms with Crippen molar-refractivity contribution in [2.24, 2.45) is 5.92 Å². The third-order valence-electron chi connectivity index (χ3n) is 2.63. The number of hydrogen-bond donors (Lipinski definition) is 2. The fourth-order valence-corrected chi connectivity index (χ4v) is 1.50. The highest BCUT2D eigenvalue weighted by Crippen LogP contribution is 2.14. The molecule has 2 N–H and O–H groups in total. The van der Waals surface area contributed by atoms with Gasteiger partial charge in [0.05, 0.1) is 13.2 Å². The van der Waals surface area contributed by atoms with Crippen molar-refractivity contribution in [2.75, 3.05) is 0 Å². The largest absolute Gasteiger partial charge is 0.392 e. The van der Waals surface area contributed by atoms with Crippen LogP contribution in [0.5, 0.6) is 0 Å². The molecule has 0 aliphatic carbocycles. The highest BCUT2D eigenvalue weighted by Gasteiger charge is 2.09. The smallest absolute Gasteiger partial charge is 0.139 e. The summed E-state index contributed by atoms with van der Waals surface area (Å²) >= 11 is 0. The highest BCUT2D eigenvalue weighted by molar-refractivity contribution is 5.82. The van der Waals surface area contributed by atoms with E-state index < -0.39 is 0 Å². The molecule has 0 saturated carbocycles. The van der Waals surface area contributed by atoms with Gasteiger partial charge in [0.25, 0.3) is 0 Å². The predicted molar refractivity (Wildman–Crippen MR) is 61.8 cm³/mol. The van der Waals surface area contributed by atoms with Gasteiger partial charge >= 0.3 is 0 Å². The first-order valence-electron chi connectivity index (χ1n) is 5.43. The van der Waals surface area contributed by atoms with Gasteiger partial charge in [-0.05, 0) is 16.7 Å². The molecule has 3 heteroatoms. The average Bonchev–Trinajstić information content (AvgIpc) is 2.28. The fourth-order valence-electron chi connectivity index (χ4n) is 1.50. The molecule has 1 aromatic carbocycles. The van der Waals surface area contributed by atoms with Crippen LogP contribution in [0, 0.1) is 5.92 Å². The van der Waals surface area contributed by atoms with Crippen molar-refractivity contribution in [2.45, 2.75) is 33.5 Å². The Morgan fingerprint density at radius 2 is 1.81 bits per heavy atom. The van der Waals surface area contributed by atoms with Gasteiger partial charge in [-0.1, -0.05) is 32.0 Å². The molecule has 0 aliphatic rings. The molecule has 0 saturated heterocycles. The number of ketones is 1. The summed E-state index contributed by atoms with van der Waals surface area (Å²) in [7, 11) is 0. The fraction of sp³-hybridized carbons (Fsp3) is 0.462. The van der Waals surface area contributed by atoms with Gasteiger partial charge in [0.2, 0.25) is 0 Å². The van der Waals surface area contributed by atoms with Gasteiger partial charge in [0.15, 0.2) is 0 Å². The maximum absolute atomic E-state index is 11.6. The molecule has 0 radical (unpaired) electrons. The molecule has 0 aliphatic heterocycles. The zero-order chi connectivity index (χ0) is 12.1. The van der Waals surface area contributed by atoms with Crippen molar-refractivity contribution >= 4 is 5.78 Å². The second-order valence-electron chi connectivity index (χ2n) is 4.22. The lowest BCUT2D eigenvalue weighted by Gasteiger charge is -2.09. The van der Waals surface area contributed by atoms with E-state index in [2.05, 4.69) is 0 Å². The Labute approximate surface area is 95.7 Å². The standard InChI is InChI=1S/C13H18O3/c1-9(2)13(16)6-10-3-4-11(7-14)12(5-10)8-15/h3-5,9,14-15H,6-8H2,1-2H3. The second kappa shape index (κ2) is 5.77.